The molecule has 0 aromatic heterocycles. The van der Waals surface area contributed by atoms with E-state index in [4.69, 9.17) is 6.42 Å². The summed E-state index contributed by atoms with van der Waals surface area (Å²) < 4.78 is 0. The minimum Gasteiger partial charge on any atom is -0.135 e. The topological polar surface area (TPSA) is 0 Å². The zero-order valence-electron chi connectivity index (χ0n) is 6.70. The van der Waals surface area contributed by atoms with Gasteiger partial charge in [0.05, 0.1) is 0 Å². The Balaban J connectivity index is 4.04. The molecule has 9 heavy (non-hydrogen) atoms. The molecule has 0 heterocycles. The van der Waals surface area contributed by atoms with E-state index in [-0.39, 0.29) is 0 Å². The first-order valence-electron chi connectivity index (χ1n) is 3.72. The fraction of sp³-hybridized carbons (Fsp3) is 0.750. The van der Waals surface area contributed by atoms with Gasteiger partial charge in [-0.2, -0.15) is 0 Å². The van der Waals surface area contributed by atoms with Gasteiger partial charge in [0.25, 0.3) is 0 Å². The van der Waals surface area contributed by atoms with Crippen molar-refractivity contribution in [3.63, 3.8) is 0 Å². The van der Waals surface area contributed by atoms with Crippen LogP contribution in [0.4, 0.5) is 0 Å². The van der Waals surface area contributed by atoms with Gasteiger partial charge < -0.3 is 0 Å². The first-order valence-corrected chi connectivity index (χ1v) is 6.34. The summed E-state index contributed by atoms with van der Waals surface area (Å²) in [5, 5.41) is 0. The Morgan fingerprint density at radius 2 is 1.44 bits per heavy atom. The lowest BCUT2D eigenvalue weighted by molar-refractivity contribution is 1.20. The summed E-state index contributed by atoms with van der Waals surface area (Å²) in [5.74, 6) is 0. The molecule has 0 bridgehead atoms. The summed E-state index contributed by atoms with van der Waals surface area (Å²) in [4.78, 5) is 0. The van der Waals surface area contributed by atoms with Crippen LogP contribution in [0, 0.1) is 12.0 Å². The van der Waals surface area contributed by atoms with Crippen LogP contribution in [-0.4, -0.2) is 8.07 Å². The lowest BCUT2D eigenvalue weighted by Gasteiger charge is -2.19. The smallest absolute Gasteiger partial charge is 0.135 e. The van der Waals surface area contributed by atoms with E-state index in [0.29, 0.717) is 0 Å². The Kier molecular flexibility index (Phi) is 3.64. The molecule has 0 fully saturated rings. The van der Waals surface area contributed by atoms with Gasteiger partial charge in [-0.1, -0.05) is 20.8 Å². The molecule has 0 rings (SSSR count). The number of terminal acetylenes is 1. The van der Waals surface area contributed by atoms with Crippen LogP contribution in [0.5, 0.6) is 0 Å². The van der Waals surface area contributed by atoms with E-state index in [2.05, 4.69) is 26.3 Å². The van der Waals surface area contributed by atoms with Crippen molar-refractivity contribution in [3.8, 4) is 12.0 Å². The minimum absolute atomic E-state index is 1.16. The highest BCUT2D eigenvalue weighted by Gasteiger charge is 2.23. The molecule has 0 unspecified atom stereocenters. The van der Waals surface area contributed by atoms with Gasteiger partial charge in [0.2, 0.25) is 0 Å². The van der Waals surface area contributed by atoms with E-state index < -0.39 is 8.07 Å². The monoisotopic (exact) mass is 140 g/mol. The van der Waals surface area contributed by atoms with Crippen molar-refractivity contribution in [3.05, 3.63) is 0 Å². The van der Waals surface area contributed by atoms with Crippen molar-refractivity contribution >= 4 is 8.07 Å². The molecule has 0 aliphatic heterocycles. The summed E-state index contributed by atoms with van der Waals surface area (Å²) >= 11 is 0. The lowest BCUT2D eigenvalue weighted by atomic mass is 10.9. The molecular weight excluding hydrogens is 124 g/mol. The van der Waals surface area contributed by atoms with Crippen LogP contribution in [0.3, 0.4) is 0 Å². The second-order valence-electron chi connectivity index (χ2n) is 2.49. The van der Waals surface area contributed by atoms with Gasteiger partial charge in [0.15, 0.2) is 0 Å². The van der Waals surface area contributed by atoms with Crippen LogP contribution in [0.1, 0.15) is 20.8 Å². The van der Waals surface area contributed by atoms with Crippen molar-refractivity contribution in [2.75, 3.05) is 0 Å². The van der Waals surface area contributed by atoms with Crippen LogP contribution in [-0.2, 0) is 0 Å². The van der Waals surface area contributed by atoms with Crippen LogP contribution < -0.4 is 0 Å². The third-order valence-electron chi connectivity index (χ3n) is 2.34. The Hall–Kier alpha value is -0.223. The first-order chi connectivity index (χ1) is 4.24. The van der Waals surface area contributed by atoms with E-state index in [1.807, 2.05) is 0 Å². The van der Waals surface area contributed by atoms with Crippen molar-refractivity contribution in [2.45, 2.75) is 38.9 Å². The predicted molar refractivity (Wildman–Crippen MR) is 46.0 cm³/mol. The summed E-state index contributed by atoms with van der Waals surface area (Å²) in [6.45, 7) is 6.66. The van der Waals surface area contributed by atoms with Crippen molar-refractivity contribution in [2.24, 2.45) is 0 Å². The summed E-state index contributed by atoms with van der Waals surface area (Å²) in [6, 6.07) is 3.74. The van der Waals surface area contributed by atoms with E-state index in [9.17, 15) is 0 Å². The van der Waals surface area contributed by atoms with Crippen molar-refractivity contribution in [1.29, 1.82) is 0 Å². The van der Waals surface area contributed by atoms with E-state index in [1.165, 1.54) is 18.1 Å². The van der Waals surface area contributed by atoms with Gasteiger partial charge in [-0.25, -0.2) is 0 Å². The average Bonchev–Trinajstić information content (AvgIpc) is 1.95. The SMILES string of the molecule is C#C[Si](CC)(CC)CC. The molecule has 0 aliphatic carbocycles. The van der Waals surface area contributed by atoms with Gasteiger partial charge in [0, 0.05) is 0 Å². The molecule has 0 aromatic rings. The Morgan fingerprint density at radius 1 is 1.11 bits per heavy atom. The molecule has 0 aromatic carbocycles. The highest BCUT2D eigenvalue weighted by atomic mass is 28.3. The van der Waals surface area contributed by atoms with E-state index >= 15 is 0 Å². The fourth-order valence-corrected chi connectivity index (χ4v) is 3.17. The highest BCUT2D eigenvalue weighted by Crippen LogP contribution is 2.17. The molecule has 0 saturated heterocycles. The third-order valence-corrected chi connectivity index (χ3v) is 7.01. The van der Waals surface area contributed by atoms with Gasteiger partial charge in [-0.15, -0.1) is 12.0 Å². The normalized spacial score (nSPS) is 10.9. The van der Waals surface area contributed by atoms with Crippen molar-refractivity contribution < 1.29 is 0 Å². The lowest BCUT2D eigenvalue weighted by Crippen LogP contribution is -2.28. The summed E-state index contributed by atoms with van der Waals surface area (Å²) in [5.41, 5.74) is 3.00. The predicted octanol–water partition coefficient (Wildman–Crippen LogP) is 2.67. The molecule has 0 radical (unpaired) electrons. The van der Waals surface area contributed by atoms with Gasteiger partial charge in [0.1, 0.15) is 8.07 Å². The molecule has 0 saturated carbocycles. The quantitative estimate of drug-likeness (QED) is 0.417. The third kappa shape index (κ3) is 1.87. The minimum atomic E-state index is -1.16. The largest absolute Gasteiger partial charge is 0.137 e. The van der Waals surface area contributed by atoms with Gasteiger partial charge in [-0.3, -0.25) is 0 Å². The molecule has 0 nitrogen and oxygen atoms in total. The van der Waals surface area contributed by atoms with Crippen LogP contribution >= 0.6 is 0 Å². The number of hydrogen-bond acceptors (Lipinski definition) is 0. The standard InChI is InChI=1S/C8H16Si/c1-5-9(6-2,7-3)8-4/h1H,6-8H2,2-4H3. The highest BCUT2D eigenvalue weighted by molar-refractivity contribution is 6.87. The van der Waals surface area contributed by atoms with Crippen LogP contribution in [0.25, 0.3) is 0 Å². The summed E-state index contributed by atoms with van der Waals surface area (Å²) in [6.07, 6.45) is 5.45. The van der Waals surface area contributed by atoms with Gasteiger partial charge in [-0.05, 0) is 18.1 Å². The zero-order valence-corrected chi connectivity index (χ0v) is 7.70. The molecule has 52 valence electrons. The summed E-state index contributed by atoms with van der Waals surface area (Å²) in [7, 11) is -1.16. The molecule has 1 heteroatoms. The molecular formula is C8H16Si. The molecule has 0 amide bonds. The molecule has 0 atom stereocenters. The van der Waals surface area contributed by atoms with E-state index in [1.54, 1.807) is 0 Å². The number of rotatable bonds is 3. The fourth-order valence-electron chi connectivity index (χ4n) is 1.06. The van der Waals surface area contributed by atoms with E-state index in [0.717, 1.165) is 0 Å². The van der Waals surface area contributed by atoms with Crippen LogP contribution in [0.15, 0.2) is 0 Å². The maximum Gasteiger partial charge on any atom is 0.137 e. The van der Waals surface area contributed by atoms with Gasteiger partial charge >= 0.3 is 0 Å². The Morgan fingerprint density at radius 3 is 1.44 bits per heavy atom. The molecule has 0 spiro atoms. The average molecular weight is 140 g/mol. The maximum absolute atomic E-state index is 5.45. The number of hydrogen-bond donors (Lipinski definition) is 0. The first kappa shape index (κ1) is 8.78. The Labute approximate surface area is 59.7 Å². The maximum atomic E-state index is 5.45. The molecule has 0 aliphatic rings. The molecule has 0 N–H and O–H groups in total. The van der Waals surface area contributed by atoms with Crippen molar-refractivity contribution in [1.82, 2.24) is 0 Å². The second kappa shape index (κ2) is 3.74. The zero-order chi connectivity index (χ0) is 7.33. The Bertz CT molecular complexity index is 98.0. The van der Waals surface area contributed by atoms with Crippen LogP contribution in [0.2, 0.25) is 18.1 Å². The second-order valence-corrected chi connectivity index (χ2v) is 7.46.